The summed E-state index contributed by atoms with van der Waals surface area (Å²) in [5.74, 6) is 0. The maximum Gasteiger partial charge on any atom is 0.0805 e. The normalized spacial score (nSPS) is 12.1. The summed E-state index contributed by atoms with van der Waals surface area (Å²) in [5, 5.41) is 8.60. The Kier molecular flexibility index (Phi) is 4.89. The molecule has 0 aliphatic rings. The lowest BCUT2D eigenvalue weighted by Crippen LogP contribution is -2.10. The van der Waals surface area contributed by atoms with Gasteiger partial charge in [0.2, 0.25) is 0 Å². The van der Waals surface area contributed by atoms with Crippen molar-refractivity contribution in [2.24, 2.45) is 10.2 Å². The molecule has 0 radical (unpaired) electrons. The molecule has 0 heterocycles. The number of hydrogen-bond acceptors (Lipinski definition) is 4. The minimum absolute atomic E-state index is 0.831. The van der Waals surface area contributed by atoms with Gasteiger partial charge in [-0.05, 0) is 38.1 Å². The Bertz CT molecular complexity index is 533. The highest BCUT2D eigenvalue weighted by Crippen LogP contribution is 2.06. The molecule has 0 bridgehead atoms. The third kappa shape index (κ3) is 4.24. The van der Waals surface area contributed by atoms with Crippen LogP contribution in [0.2, 0.25) is 0 Å². The molecule has 0 saturated heterocycles. The monoisotopic (exact) mass is 266 g/mol. The van der Waals surface area contributed by atoms with Crippen molar-refractivity contribution in [3.05, 3.63) is 60.7 Å². The van der Waals surface area contributed by atoms with Gasteiger partial charge in [-0.25, -0.2) is 0 Å². The fraction of sp³-hybridized carbons (Fsp3) is 0.125. The smallest absolute Gasteiger partial charge is 0.0805 e. The second kappa shape index (κ2) is 7.09. The van der Waals surface area contributed by atoms with Crippen LogP contribution in [0.5, 0.6) is 0 Å². The molecule has 102 valence electrons. The van der Waals surface area contributed by atoms with E-state index in [1.54, 1.807) is 0 Å². The van der Waals surface area contributed by atoms with E-state index in [1.165, 1.54) is 0 Å². The van der Waals surface area contributed by atoms with E-state index < -0.39 is 0 Å². The van der Waals surface area contributed by atoms with E-state index in [9.17, 15) is 0 Å². The van der Waals surface area contributed by atoms with E-state index in [2.05, 4.69) is 21.1 Å². The van der Waals surface area contributed by atoms with Gasteiger partial charge in [-0.1, -0.05) is 36.4 Å². The molecule has 0 fully saturated rings. The van der Waals surface area contributed by atoms with Gasteiger partial charge in [0, 0.05) is 0 Å². The SMILES string of the molecule is CC(=NNc1ccccc1)/C(C)=N\Nc1ccccc1. The van der Waals surface area contributed by atoms with Crippen LogP contribution in [0.1, 0.15) is 13.8 Å². The molecule has 0 atom stereocenters. The average molecular weight is 266 g/mol. The van der Waals surface area contributed by atoms with E-state index in [1.807, 2.05) is 74.5 Å². The summed E-state index contributed by atoms with van der Waals surface area (Å²) in [5.41, 5.74) is 9.58. The molecule has 0 unspecified atom stereocenters. The first-order valence-electron chi connectivity index (χ1n) is 6.47. The first-order valence-corrected chi connectivity index (χ1v) is 6.47. The number of nitrogens with one attached hydrogen (secondary N) is 2. The summed E-state index contributed by atoms with van der Waals surface area (Å²) in [6, 6.07) is 19.6. The first-order chi connectivity index (χ1) is 9.75. The zero-order valence-electron chi connectivity index (χ0n) is 11.7. The van der Waals surface area contributed by atoms with Crippen LogP contribution in [0.4, 0.5) is 11.4 Å². The van der Waals surface area contributed by atoms with Crippen LogP contribution >= 0.6 is 0 Å². The molecule has 2 rings (SSSR count). The predicted molar refractivity (Wildman–Crippen MR) is 86.3 cm³/mol. The molecule has 2 N–H and O–H groups in total. The molecular formula is C16H18N4. The van der Waals surface area contributed by atoms with E-state index in [4.69, 9.17) is 0 Å². The van der Waals surface area contributed by atoms with Crippen molar-refractivity contribution in [1.82, 2.24) is 0 Å². The lowest BCUT2D eigenvalue weighted by molar-refractivity contribution is 1.31. The van der Waals surface area contributed by atoms with Crippen LogP contribution in [0.3, 0.4) is 0 Å². The Morgan fingerprint density at radius 2 is 1.00 bits per heavy atom. The average Bonchev–Trinajstić information content (AvgIpc) is 2.52. The maximum absolute atomic E-state index is 4.30. The zero-order chi connectivity index (χ0) is 14.2. The molecule has 0 amide bonds. The molecule has 4 heteroatoms. The van der Waals surface area contributed by atoms with Crippen LogP contribution in [0, 0.1) is 0 Å². The topological polar surface area (TPSA) is 48.8 Å². The Hall–Kier alpha value is -2.62. The van der Waals surface area contributed by atoms with Gasteiger partial charge in [0.25, 0.3) is 0 Å². The molecule has 0 aromatic heterocycles. The highest BCUT2D eigenvalue weighted by molar-refractivity contribution is 6.40. The molecule has 0 saturated carbocycles. The Morgan fingerprint density at radius 1 is 0.650 bits per heavy atom. The fourth-order valence-corrected chi connectivity index (χ4v) is 1.48. The molecule has 0 aliphatic carbocycles. The van der Waals surface area contributed by atoms with Crippen LogP contribution in [0.15, 0.2) is 70.9 Å². The molecular weight excluding hydrogens is 248 g/mol. The van der Waals surface area contributed by atoms with Crippen molar-refractivity contribution in [3.63, 3.8) is 0 Å². The third-order valence-corrected chi connectivity index (χ3v) is 2.78. The second-order valence-corrected chi connectivity index (χ2v) is 4.35. The molecule has 0 aliphatic heterocycles. The Labute approximate surface area is 119 Å². The highest BCUT2D eigenvalue weighted by Gasteiger charge is 1.97. The highest BCUT2D eigenvalue weighted by atomic mass is 15.3. The predicted octanol–water partition coefficient (Wildman–Crippen LogP) is 3.96. The summed E-state index contributed by atoms with van der Waals surface area (Å²) in [6.07, 6.45) is 0. The molecule has 0 spiro atoms. The quantitative estimate of drug-likeness (QED) is 0.635. The fourth-order valence-electron chi connectivity index (χ4n) is 1.48. The van der Waals surface area contributed by atoms with Crippen molar-refractivity contribution in [1.29, 1.82) is 0 Å². The third-order valence-electron chi connectivity index (χ3n) is 2.78. The number of nitrogens with zero attached hydrogens (tertiary/aromatic N) is 2. The van der Waals surface area contributed by atoms with E-state index in [0.717, 1.165) is 22.8 Å². The van der Waals surface area contributed by atoms with Crippen molar-refractivity contribution in [2.45, 2.75) is 13.8 Å². The van der Waals surface area contributed by atoms with Gasteiger partial charge >= 0.3 is 0 Å². The summed E-state index contributed by atoms with van der Waals surface area (Å²) >= 11 is 0. The number of hydrazone groups is 2. The summed E-state index contributed by atoms with van der Waals surface area (Å²) in [6.45, 7) is 3.84. The molecule has 2 aromatic rings. The summed E-state index contributed by atoms with van der Waals surface area (Å²) in [7, 11) is 0. The van der Waals surface area contributed by atoms with E-state index in [0.29, 0.717) is 0 Å². The Balaban J connectivity index is 1.95. The molecule has 4 nitrogen and oxygen atoms in total. The lowest BCUT2D eigenvalue weighted by atomic mass is 10.3. The van der Waals surface area contributed by atoms with Gasteiger partial charge in [-0.15, -0.1) is 0 Å². The minimum atomic E-state index is 0.831. The van der Waals surface area contributed by atoms with E-state index in [-0.39, 0.29) is 0 Å². The first kappa shape index (κ1) is 13.8. The minimum Gasteiger partial charge on any atom is -0.278 e. The van der Waals surface area contributed by atoms with Crippen molar-refractivity contribution < 1.29 is 0 Å². The van der Waals surface area contributed by atoms with E-state index >= 15 is 0 Å². The van der Waals surface area contributed by atoms with Gasteiger partial charge in [-0.2, -0.15) is 10.2 Å². The lowest BCUT2D eigenvalue weighted by Gasteiger charge is -2.04. The summed E-state index contributed by atoms with van der Waals surface area (Å²) in [4.78, 5) is 0. The van der Waals surface area contributed by atoms with Gasteiger partial charge in [0.05, 0.1) is 22.8 Å². The van der Waals surface area contributed by atoms with Crippen LogP contribution < -0.4 is 10.9 Å². The summed E-state index contributed by atoms with van der Waals surface area (Å²) < 4.78 is 0. The van der Waals surface area contributed by atoms with Crippen molar-refractivity contribution in [2.75, 3.05) is 10.9 Å². The van der Waals surface area contributed by atoms with Gasteiger partial charge < -0.3 is 0 Å². The number of rotatable bonds is 5. The number of benzene rings is 2. The number of hydrogen-bond donors (Lipinski definition) is 2. The second-order valence-electron chi connectivity index (χ2n) is 4.35. The van der Waals surface area contributed by atoms with Crippen molar-refractivity contribution >= 4 is 22.8 Å². The molecule has 2 aromatic carbocycles. The number of anilines is 2. The van der Waals surface area contributed by atoms with Crippen LogP contribution in [-0.4, -0.2) is 11.4 Å². The maximum atomic E-state index is 4.30. The van der Waals surface area contributed by atoms with Gasteiger partial charge in [-0.3, -0.25) is 10.9 Å². The van der Waals surface area contributed by atoms with Gasteiger partial charge in [0.1, 0.15) is 0 Å². The zero-order valence-corrected chi connectivity index (χ0v) is 11.7. The Morgan fingerprint density at radius 3 is 1.35 bits per heavy atom. The number of para-hydroxylation sites is 2. The van der Waals surface area contributed by atoms with Crippen molar-refractivity contribution in [3.8, 4) is 0 Å². The largest absolute Gasteiger partial charge is 0.278 e. The van der Waals surface area contributed by atoms with Crippen LogP contribution in [-0.2, 0) is 0 Å². The van der Waals surface area contributed by atoms with Gasteiger partial charge in [0.15, 0.2) is 0 Å². The van der Waals surface area contributed by atoms with Crippen LogP contribution in [0.25, 0.3) is 0 Å². The molecule has 20 heavy (non-hydrogen) atoms. The standard InChI is InChI=1S/C16H18N4/c1-13(17-19-15-9-5-3-6-10-15)14(2)18-20-16-11-7-4-8-12-16/h3-12,19-20H,1-2H3/b17-13-,18-14?.